The summed E-state index contributed by atoms with van der Waals surface area (Å²) in [5, 5.41) is 0. The predicted octanol–water partition coefficient (Wildman–Crippen LogP) is 5.86. The lowest BCUT2D eigenvalue weighted by Crippen LogP contribution is -2.06. The van der Waals surface area contributed by atoms with Crippen LogP contribution in [0.15, 0.2) is 30.3 Å². The van der Waals surface area contributed by atoms with Crippen molar-refractivity contribution in [3.63, 3.8) is 0 Å². The van der Waals surface area contributed by atoms with Crippen LogP contribution in [0.2, 0.25) is 0 Å². The monoisotopic (exact) mass is 304 g/mol. The van der Waals surface area contributed by atoms with Crippen molar-refractivity contribution in [3.8, 4) is 0 Å². The Hall–Kier alpha value is -1.15. The minimum atomic E-state index is -0.403. The van der Waals surface area contributed by atoms with Crippen molar-refractivity contribution in [2.75, 3.05) is 6.61 Å². The van der Waals surface area contributed by atoms with Crippen LogP contribution in [0.3, 0.4) is 0 Å². The van der Waals surface area contributed by atoms with E-state index < -0.39 is 6.10 Å². The van der Waals surface area contributed by atoms with E-state index in [0.717, 1.165) is 18.3 Å². The topological polar surface area (TPSA) is 26.3 Å². The second-order valence-corrected chi connectivity index (χ2v) is 6.02. The first-order valence-corrected chi connectivity index (χ1v) is 9.00. The Bertz CT molecular complexity index is 361. The summed E-state index contributed by atoms with van der Waals surface area (Å²) in [5.41, 5.74) is 0.949. The molecule has 22 heavy (non-hydrogen) atoms. The molecule has 0 amide bonds. The average molecular weight is 304 g/mol. The Kier molecular flexibility index (Phi) is 11.6. The first-order chi connectivity index (χ1) is 10.9. The number of unbranched alkanes of at least 4 members (excludes halogenated alkanes) is 9. The summed E-state index contributed by atoms with van der Waals surface area (Å²) in [4.78, 5) is 11.1. The molecule has 0 N–H and O–H groups in total. The lowest BCUT2D eigenvalue weighted by molar-refractivity contribution is -0.118. The zero-order valence-electron chi connectivity index (χ0n) is 14.1. The highest BCUT2D eigenvalue weighted by atomic mass is 16.5. The molecule has 0 bridgehead atoms. The molecular formula is C20H32O2. The van der Waals surface area contributed by atoms with Gasteiger partial charge in [0, 0.05) is 6.61 Å². The van der Waals surface area contributed by atoms with Gasteiger partial charge in [-0.25, -0.2) is 0 Å². The van der Waals surface area contributed by atoms with E-state index in [9.17, 15) is 4.79 Å². The third kappa shape index (κ3) is 8.99. The molecule has 124 valence electrons. The van der Waals surface area contributed by atoms with E-state index in [4.69, 9.17) is 4.74 Å². The van der Waals surface area contributed by atoms with Crippen LogP contribution in [0.1, 0.15) is 82.8 Å². The van der Waals surface area contributed by atoms with Crippen molar-refractivity contribution in [2.24, 2.45) is 0 Å². The van der Waals surface area contributed by atoms with Gasteiger partial charge in [-0.3, -0.25) is 0 Å². The van der Waals surface area contributed by atoms with Gasteiger partial charge in [-0.1, -0.05) is 95.0 Å². The SMILES string of the molecule is CCCCCCCCCCCCOC(C=O)c1ccccc1. The second kappa shape index (κ2) is 13.5. The van der Waals surface area contributed by atoms with Crippen LogP contribution in [0.25, 0.3) is 0 Å². The van der Waals surface area contributed by atoms with Crippen LogP contribution in [-0.2, 0) is 9.53 Å². The lowest BCUT2D eigenvalue weighted by atomic mass is 10.1. The quantitative estimate of drug-likeness (QED) is 0.317. The van der Waals surface area contributed by atoms with Crippen LogP contribution in [0, 0.1) is 0 Å². The van der Waals surface area contributed by atoms with Gasteiger partial charge in [0.15, 0.2) is 6.29 Å². The molecule has 0 heterocycles. The van der Waals surface area contributed by atoms with Crippen LogP contribution >= 0.6 is 0 Å². The highest BCUT2D eigenvalue weighted by Gasteiger charge is 2.09. The van der Waals surface area contributed by atoms with Gasteiger partial charge in [0.2, 0.25) is 0 Å². The van der Waals surface area contributed by atoms with E-state index in [2.05, 4.69) is 6.92 Å². The summed E-state index contributed by atoms with van der Waals surface area (Å²) in [5.74, 6) is 0. The number of rotatable bonds is 14. The van der Waals surface area contributed by atoms with Crippen LogP contribution in [-0.4, -0.2) is 12.9 Å². The van der Waals surface area contributed by atoms with E-state index >= 15 is 0 Å². The van der Waals surface area contributed by atoms with E-state index in [1.807, 2.05) is 30.3 Å². The van der Waals surface area contributed by atoms with E-state index in [0.29, 0.717) is 6.61 Å². The van der Waals surface area contributed by atoms with Gasteiger partial charge in [-0.15, -0.1) is 0 Å². The zero-order valence-corrected chi connectivity index (χ0v) is 14.1. The molecule has 2 heteroatoms. The Morgan fingerprint density at radius 2 is 1.41 bits per heavy atom. The molecule has 0 saturated carbocycles. The van der Waals surface area contributed by atoms with E-state index in [1.165, 1.54) is 57.8 Å². The molecule has 1 aromatic carbocycles. The van der Waals surface area contributed by atoms with Crippen LogP contribution in [0.5, 0.6) is 0 Å². The Morgan fingerprint density at radius 1 is 0.864 bits per heavy atom. The third-order valence-electron chi connectivity index (χ3n) is 4.05. The summed E-state index contributed by atoms with van der Waals surface area (Å²) in [6.07, 6.45) is 13.6. The Balaban J connectivity index is 1.95. The van der Waals surface area contributed by atoms with E-state index in [1.54, 1.807) is 0 Å². The summed E-state index contributed by atoms with van der Waals surface area (Å²) in [6.45, 7) is 2.93. The van der Waals surface area contributed by atoms with Crippen molar-refractivity contribution in [2.45, 2.75) is 77.2 Å². The lowest BCUT2D eigenvalue weighted by Gasteiger charge is -2.12. The van der Waals surface area contributed by atoms with Gasteiger partial charge in [-0.05, 0) is 12.0 Å². The number of ether oxygens (including phenoxy) is 1. The zero-order chi connectivity index (χ0) is 15.9. The molecule has 2 nitrogen and oxygen atoms in total. The number of benzene rings is 1. The molecule has 0 aliphatic rings. The molecule has 1 aromatic rings. The largest absolute Gasteiger partial charge is 0.366 e. The molecule has 0 spiro atoms. The number of carbonyl (C=O) groups is 1. The fourth-order valence-corrected chi connectivity index (χ4v) is 2.66. The highest BCUT2D eigenvalue weighted by molar-refractivity contribution is 5.59. The summed E-state index contributed by atoms with van der Waals surface area (Å²) in [6, 6.07) is 9.72. The Morgan fingerprint density at radius 3 is 1.95 bits per heavy atom. The third-order valence-corrected chi connectivity index (χ3v) is 4.05. The van der Waals surface area contributed by atoms with Crippen molar-refractivity contribution < 1.29 is 9.53 Å². The summed E-state index contributed by atoms with van der Waals surface area (Å²) < 4.78 is 5.68. The van der Waals surface area contributed by atoms with E-state index in [-0.39, 0.29) is 0 Å². The van der Waals surface area contributed by atoms with Gasteiger partial charge in [0.05, 0.1) is 0 Å². The normalized spacial score (nSPS) is 12.2. The first-order valence-electron chi connectivity index (χ1n) is 9.00. The van der Waals surface area contributed by atoms with Gasteiger partial charge in [0.1, 0.15) is 6.10 Å². The minimum absolute atomic E-state index is 0.403. The van der Waals surface area contributed by atoms with Gasteiger partial charge in [-0.2, -0.15) is 0 Å². The smallest absolute Gasteiger partial charge is 0.153 e. The second-order valence-electron chi connectivity index (χ2n) is 6.02. The summed E-state index contributed by atoms with van der Waals surface area (Å²) >= 11 is 0. The fourth-order valence-electron chi connectivity index (χ4n) is 2.66. The van der Waals surface area contributed by atoms with Crippen LogP contribution < -0.4 is 0 Å². The molecule has 0 aliphatic heterocycles. The molecule has 1 unspecified atom stereocenters. The minimum Gasteiger partial charge on any atom is -0.366 e. The van der Waals surface area contributed by atoms with Gasteiger partial charge < -0.3 is 9.53 Å². The van der Waals surface area contributed by atoms with Crippen molar-refractivity contribution in [1.29, 1.82) is 0 Å². The maximum atomic E-state index is 11.1. The van der Waals surface area contributed by atoms with Crippen molar-refractivity contribution >= 4 is 6.29 Å². The number of aldehydes is 1. The standard InChI is InChI=1S/C20H32O2/c1-2-3-4-5-6-7-8-9-10-14-17-22-20(18-21)19-15-12-11-13-16-19/h11-13,15-16,18,20H,2-10,14,17H2,1H3. The maximum absolute atomic E-state index is 11.1. The molecule has 1 atom stereocenters. The number of hydrogen-bond acceptors (Lipinski definition) is 2. The molecule has 0 radical (unpaired) electrons. The summed E-state index contributed by atoms with van der Waals surface area (Å²) in [7, 11) is 0. The van der Waals surface area contributed by atoms with Gasteiger partial charge >= 0.3 is 0 Å². The first kappa shape index (κ1) is 18.9. The molecule has 0 aromatic heterocycles. The molecular weight excluding hydrogens is 272 g/mol. The molecule has 0 saturated heterocycles. The molecule has 1 rings (SSSR count). The average Bonchev–Trinajstić information content (AvgIpc) is 2.57. The number of hydrogen-bond donors (Lipinski definition) is 0. The fraction of sp³-hybridized carbons (Fsp3) is 0.650. The van der Waals surface area contributed by atoms with Crippen molar-refractivity contribution in [3.05, 3.63) is 35.9 Å². The maximum Gasteiger partial charge on any atom is 0.153 e. The highest BCUT2D eigenvalue weighted by Crippen LogP contribution is 2.16. The molecule has 0 fully saturated rings. The van der Waals surface area contributed by atoms with Crippen LogP contribution in [0.4, 0.5) is 0 Å². The molecule has 0 aliphatic carbocycles. The number of carbonyl (C=O) groups excluding carboxylic acids is 1. The predicted molar refractivity (Wildman–Crippen MR) is 93.0 cm³/mol. The Labute approximate surface area is 136 Å². The van der Waals surface area contributed by atoms with Gasteiger partial charge in [0.25, 0.3) is 0 Å². The van der Waals surface area contributed by atoms with Crippen molar-refractivity contribution in [1.82, 2.24) is 0 Å².